The molecule has 15 heavy (non-hydrogen) atoms. The summed E-state index contributed by atoms with van der Waals surface area (Å²) in [6.45, 7) is 1.77. The summed E-state index contributed by atoms with van der Waals surface area (Å²) < 4.78 is 24.6. The number of phenolic OH excluding ortho intramolecular Hbond substituents is 1. The van der Waals surface area contributed by atoms with E-state index in [0.29, 0.717) is 0 Å². The minimum atomic E-state index is -3.70. The molecule has 1 aromatic carbocycles. The predicted octanol–water partition coefficient (Wildman–Crippen LogP) is 0.966. The van der Waals surface area contributed by atoms with Crippen LogP contribution in [0.3, 0.4) is 0 Å². The highest BCUT2D eigenvalue weighted by molar-refractivity contribution is 7.92. The van der Waals surface area contributed by atoms with Gasteiger partial charge in [0, 0.05) is 0 Å². The predicted molar refractivity (Wildman–Crippen MR) is 55.9 cm³/mol. The number of hydrogen-bond acceptors (Lipinski definition) is 4. The maximum atomic E-state index is 11.2. The van der Waals surface area contributed by atoms with Crippen molar-refractivity contribution >= 4 is 15.7 Å². The van der Waals surface area contributed by atoms with Gasteiger partial charge in [0.15, 0.2) is 5.75 Å². The average molecular weight is 226 g/mol. The molecule has 80 valence electrons. The lowest BCUT2D eigenvalue weighted by Crippen LogP contribution is -2.15. The third kappa shape index (κ3) is 3.14. The fourth-order valence-corrected chi connectivity index (χ4v) is 1.76. The van der Waals surface area contributed by atoms with E-state index in [1.54, 1.807) is 13.0 Å². The quantitative estimate of drug-likeness (QED) is 0.751. The van der Waals surface area contributed by atoms with Gasteiger partial charge in [-0.2, -0.15) is 5.26 Å². The molecule has 0 spiro atoms. The lowest BCUT2D eigenvalue weighted by atomic mass is 10.2. The first-order chi connectivity index (χ1) is 6.94. The zero-order valence-electron chi connectivity index (χ0n) is 8.06. The zero-order chi connectivity index (χ0) is 11.5. The number of aryl methyl sites for hydroxylation is 1. The number of hydrogen-bond donors (Lipinski definition) is 2. The Balaban J connectivity index is 3.00. The van der Waals surface area contributed by atoms with E-state index >= 15 is 0 Å². The average Bonchev–Trinajstić information content (AvgIpc) is 2.10. The lowest BCUT2D eigenvalue weighted by Gasteiger charge is -2.07. The summed E-state index contributed by atoms with van der Waals surface area (Å²) in [5.41, 5.74) is 0.896. The Kier molecular flexibility index (Phi) is 3.17. The normalized spacial score (nSPS) is 10.7. The van der Waals surface area contributed by atoms with Gasteiger partial charge >= 0.3 is 0 Å². The van der Waals surface area contributed by atoms with Crippen molar-refractivity contribution in [1.29, 1.82) is 5.26 Å². The highest BCUT2D eigenvalue weighted by atomic mass is 32.2. The van der Waals surface area contributed by atoms with Crippen molar-refractivity contribution in [2.45, 2.75) is 6.92 Å². The second-order valence-corrected chi connectivity index (χ2v) is 4.76. The van der Waals surface area contributed by atoms with Gasteiger partial charge in [-0.25, -0.2) is 8.42 Å². The molecule has 5 nitrogen and oxygen atoms in total. The van der Waals surface area contributed by atoms with Crippen LogP contribution in [-0.4, -0.2) is 19.3 Å². The Morgan fingerprint density at radius 2 is 2.20 bits per heavy atom. The molecule has 0 aliphatic carbocycles. The van der Waals surface area contributed by atoms with E-state index in [1.165, 1.54) is 18.2 Å². The molecular formula is C9H10N2O3S. The van der Waals surface area contributed by atoms with Gasteiger partial charge in [-0.3, -0.25) is 4.72 Å². The third-order valence-corrected chi connectivity index (χ3v) is 2.71. The number of nitrogens with one attached hydrogen (secondary N) is 1. The molecule has 0 bridgehead atoms. The molecule has 1 rings (SSSR count). The molecule has 0 aliphatic heterocycles. The molecule has 2 N–H and O–H groups in total. The fourth-order valence-electron chi connectivity index (χ4n) is 1.02. The molecule has 0 saturated heterocycles. The van der Waals surface area contributed by atoms with Gasteiger partial charge in [0.05, 0.1) is 11.8 Å². The second kappa shape index (κ2) is 4.19. The highest BCUT2D eigenvalue weighted by Crippen LogP contribution is 2.24. The van der Waals surface area contributed by atoms with Crippen LogP contribution >= 0.6 is 0 Å². The van der Waals surface area contributed by atoms with Crippen LogP contribution in [0, 0.1) is 18.3 Å². The van der Waals surface area contributed by atoms with Crippen molar-refractivity contribution in [3.63, 3.8) is 0 Å². The number of sulfonamides is 1. The summed E-state index contributed by atoms with van der Waals surface area (Å²) in [5.74, 6) is -0.803. The number of nitriles is 1. The minimum absolute atomic E-state index is 0.0882. The summed E-state index contributed by atoms with van der Waals surface area (Å²) >= 11 is 0. The maximum absolute atomic E-state index is 11.2. The van der Waals surface area contributed by atoms with Gasteiger partial charge in [-0.05, 0) is 24.6 Å². The Morgan fingerprint density at radius 3 is 2.80 bits per heavy atom. The van der Waals surface area contributed by atoms with E-state index < -0.39 is 15.8 Å². The lowest BCUT2D eigenvalue weighted by molar-refractivity contribution is 0.477. The molecule has 0 heterocycles. The standard InChI is InChI=1S/C9H10N2O3S/c1-7-2-3-9(12)8(6-7)11-15(13,14)5-4-10/h2-3,6,11-12H,5H2,1H3. The molecule has 0 fully saturated rings. The fraction of sp³-hybridized carbons (Fsp3) is 0.222. The Morgan fingerprint density at radius 1 is 1.53 bits per heavy atom. The Bertz CT molecular complexity index is 503. The van der Waals surface area contributed by atoms with Crippen molar-refractivity contribution in [2.24, 2.45) is 0 Å². The molecule has 1 aromatic rings. The van der Waals surface area contributed by atoms with E-state index in [4.69, 9.17) is 5.26 Å². The largest absolute Gasteiger partial charge is 0.506 e. The SMILES string of the molecule is Cc1ccc(O)c(NS(=O)(=O)CC#N)c1. The van der Waals surface area contributed by atoms with Crippen LogP contribution in [0.25, 0.3) is 0 Å². The van der Waals surface area contributed by atoms with E-state index in [9.17, 15) is 13.5 Å². The van der Waals surface area contributed by atoms with Crippen LogP contribution in [-0.2, 0) is 10.0 Å². The van der Waals surface area contributed by atoms with Crippen molar-refractivity contribution in [2.75, 3.05) is 10.5 Å². The maximum Gasteiger partial charge on any atom is 0.246 e. The number of rotatable bonds is 3. The first kappa shape index (κ1) is 11.3. The third-order valence-electron chi connectivity index (χ3n) is 1.67. The summed E-state index contributed by atoms with van der Waals surface area (Å²) in [6, 6.07) is 6.06. The van der Waals surface area contributed by atoms with E-state index in [1.807, 2.05) is 0 Å². The first-order valence-corrected chi connectivity index (χ1v) is 5.77. The van der Waals surface area contributed by atoms with E-state index in [2.05, 4.69) is 4.72 Å². The van der Waals surface area contributed by atoms with Crippen LogP contribution in [0.2, 0.25) is 0 Å². The van der Waals surface area contributed by atoms with Crippen molar-refractivity contribution < 1.29 is 13.5 Å². The summed E-state index contributed by atoms with van der Waals surface area (Å²) in [7, 11) is -3.70. The van der Waals surface area contributed by atoms with E-state index in [-0.39, 0.29) is 11.4 Å². The van der Waals surface area contributed by atoms with Crippen molar-refractivity contribution in [3.05, 3.63) is 23.8 Å². The molecular weight excluding hydrogens is 216 g/mol. The Hall–Kier alpha value is -1.74. The van der Waals surface area contributed by atoms with Crippen LogP contribution in [0.4, 0.5) is 5.69 Å². The zero-order valence-corrected chi connectivity index (χ0v) is 8.87. The van der Waals surface area contributed by atoms with Crippen molar-refractivity contribution in [3.8, 4) is 11.8 Å². The number of anilines is 1. The molecule has 0 amide bonds. The number of phenols is 1. The van der Waals surface area contributed by atoms with Gasteiger partial charge in [-0.15, -0.1) is 0 Å². The molecule has 6 heteroatoms. The topological polar surface area (TPSA) is 90.2 Å². The molecule has 0 radical (unpaired) electrons. The molecule has 0 aromatic heterocycles. The van der Waals surface area contributed by atoms with Gasteiger partial charge in [0.25, 0.3) is 0 Å². The molecule has 0 atom stereocenters. The van der Waals surface area contributed by atoms with Gasteiger partial charge in [-0.1, -0.05) is 6.07 Å². The molecule has 0 unspecified atom stereocenters. The highest BCUT2D eigenvalue weighted by Gasteiger charge is 2.11. The van der Waals surface area contributed by atoms with Crippen LogP contribution < -0.4 is 4.72 Å². The number of aromatic hydroxyl groups is 1. The van der Waals surface area contributed by atoms with E-state index in [0.717, 1.165) is 5.56 Å². The van der Waals surface area contributed by atoms with Crippen LogP contribution in [0.5, 0.6) is 5.75 Å². The first-order valence-electron chi connectivity index (χ1n) is 4.11. The molecule has 0 saturated carbocycles. The molecule has 0 aliphatic rings. The minimum Gasteiger partial charge on any atom is -0.506 e. The van der Waals surface area contributed by atoms with Gasteiger partial charge in [0.2, 0.25) is 10.0 Å². The Labute approximate surface area is 88.0 Å². The monoisotopic (exact) mass is 226 g/mol. The second-order valence-electron chi connectivity index (χ2n) is 3.04. The van der Waals surface area contributed by atoms with Gasteiger partial charge < -0.3 is 5.11 Å². The van der Waals surface area contributed by atoms with Crippen LogP contribution in [0.15, 0.2) is 18.2 Å². The summed E-state index contributed by atoms with van der Waals surface area (Å²) in [6.07, 6.45) is 0. The van der Waals surface area contributed by atoms with Crippen molar-refractivity contribution in [1.82, 2.24) is 0 Å². The number of nitrogens with zero attached hydrogens (tertiary/aromatic N) is 1. The summed E-state index contributed by atoms with van der Waals surface area (Å²) in [5, 5.41) is 17.6. The van der Waals surface area contributed by atoms with Gasteiger partial charge in [0.1, 0.15) is 5.75 Å². The van der Waals surface area contributed by atoms with Crippen LogP contribution in [0.1, 0.15) is 5.56 Å². The summed E-state index contributed by atoms with van der Waals surface area (Å²) in [4.78, 5) is 0. The number of benzene rings is 1. The smallest absolute Gasteiger partial charge is 0.246 e.